The first-order valence-corrected chi connectivity index (χ1v) is 9.12. The molecule has 1 heterocycles. The van der Waals surface area contributed by atoms with Crippen LogP contribution in [0.25, 0.3) is 0 Å². The number of benzene rings is 2. The van der Waals surface area contributed by atoms with Crippen molar-refractivity contribution in [1.29, 1.82) is 0 Å². The molecule has 6 heteroatoms. The van der Waals surface area contributed by atoms with Crippen LogP contribution in [0, 0.1) is 0 Å². The topological polar surface area (TPSA) is 60.0 Å². The lowest BCUT2D eigenvalue weighted by molar-refractivity contribution is 0.0953. The summed E-state index contributed by atoms with van der Waals surface area (Å²) in [6.45, 7) is 3.99. The standard InChI is InChI=1S/C21H26N2O4/c1-25-19-13-17(14-20(15-19)26-2)21(24)22-8-7-16-3-5-18(6-4-16)23-9-11-27-12-10-23/h3-6,13-15H,7-12H2,1-2H3,(H,22,24). The van der Waals surface area contributed by atoms with Crippen molar-refractivity contribution in [1.82, 2.24) is 5.32 Å². The summed E-state index contributed by atoms with van der Waals surface area (Å²) < 4.78 is 15.8. The van der Waals surface area contributed by atoms with Crippen LogP contribution in [0.5, 0.6) is 11.5 Å². The fourth-order valence-electron chi connectivity index (χ4n) is 3.06. The Kier molecular flexibility index (Phi) is 6.54. The summed E-state index contributed by atoms with van der Waals surface area (Å²) >= 11 is 0. The molecule has 1 aliphatic heterocycles. The van der Waals surface area contributed by atoms with Crippen LogP contribution in [-0.4, -0.2) is 53.0 Å². The molecule has 0 aliphatic carbocycles. The van der Waals surface area contributed by atoms with Gasteiger partial charge in [-0.15, -0.1) is 0 Å². The van der Waals surface area contributed by atoms with Gasteiger partial charge in [0.1, 0.15) is 11.5 Å². The van der Waals surface area contributed by atoms with Gasteiger partial charge in [0.25, 0.3) is 5.91 Å². The van der Waals surface area contributed by atoms with Crippen molar-refractivity contribution in [2.24, 2.45) is 0 Å². The Morgan fingerprint density at radius 1 is 1.04 bits per heavy atom. The monoisotopic (exact) mass is 370 g/mol. The average Bonchev–Trinajstić information content (AvgIpc) is 2.74. The Morgan fingerprint density at radius 2 is 1.67 bits per heavy atom. The minimum Gasteiger partial charge on any atom is -0.497 e. The van der Waals surface area contributed by atoms with Gasteiger partial charge in [0.05, 0.1) is 27.4 Å². The number of amides is 1. The molecule has 0 saturated carbocycles. The van der Waals surface area contributed by atoms with Crippen molar-refractivity contribution in [3.63, 3.8) is 0 Å². The normalized spacial score (nSPS) is 13.9. The molecule has 1 aliphatic rings. The number of hydrogen-bond acceptors (Lipinski definition) is 5. The van der Waals surface area contributed by atoms with E-state index in [9.17, 15) is 4.79 Å². The van der Waals surface area contributed by atoms with Crippen molar-refractivity contribution in [2.45, 2.75) is 6.42 Å². The smallest absolute Gasteiger partial charge is 0.251 e. The molecule has 0 unspecified atom stereocenters. The minimum absolute atomic E-state index is 0.142. The zero-order valence-electron chi connectivity index (χ0n) is 15.9. The maximum Gasteiger partial charge on any atom is 0.251 e. The quantitative estimate of drug-likeness (QED) is 0.812. The summed E-state index contributed by atoms with van der Waals surface area (Å²) in [7, 11) is 3.13. The number of rotatable bonds is 7. The summed E-state index contributed by atoms with van der Waals surface area (Å²) in [6, 6.07) is 13.7. The molecule has 1 saturated heterocycles. The largest absolute Gasteiger partial charge is 0.497 e. The third-order valence-electron chi connectivity index (χ3n) is 4.63. The first-order valence-electron chi connectivity index (χ1n) is 9.12. The van der Waals surface area contributed by atoms with Crippen LogP contribution in [0.2, 0.25) is 0 Å². The molecule has 1 fully saturated rings. The molecule has 3 rings (SSSR count). The van der Waals surface area contributed by atoms with Gasteiger partial charge >= 0.3 is 0 Å². The number of morpholine rings is 1. The van der Waals surface area contributed by atoms with Gasteiger partial charge in [-0.05, 0) is 36.2 Å². The van der Waals surface area contributed by atoms with E-state index in [0.717, 1.165) is 32.7 Å². The van der Waals surface area contributed by atoms with Crippen molar-refractivity contribution < 1.29 is 19.0 Å². The summed E-state index contributed by atoms with van der Waals surface area (Å²) in [6.07, 6.45) is 0.774. The first kappa shape index (κ1) is 19.0. The summed E-state index contributed by atoms with van der Waals surface area (Å²) in [5, 5.41) is 2.95. The van der Waals surface area contributed by atoms with Crippen LogP contribution in [0.4, 0.5) is 5.69 Å². The lowest BCUT2D eigenvalue weighted by Gasteiger charge is -2.28. The van der Waals surface area contributed by atoms with Gasteiger partial charge in [-0.2, -0.15) is 0 Å². The zero-order valence-corrected chi connectivity index (χ0v) is 15.9. The lowest BCUT2D eigenvalue weighted by Crippen LogP contribution is -2.36. The number of nitrogens with zero attached hydrogens (tertiary/aromatic N) is 1. The molecule has 1 amide bonds. The molecule has 144 valence electrons. The summed E-state index contributed by atoms with van der Waals surface area (Å²) in [5.41, 5.74) is 2.93. The number of carbonyl (C=O) groups excluding carboxylic acids is 1. The van der Waals surface area contributed by atoms with E-state index in [-0.39, 0.29) is 5.91 Å². The van der Waals surface area contributed by atoms with E-state index in [4.69, 9.17) is 14.2 Å². The molecule has 0 aromatic heterocycles. The van der Waals surface area contributed by atoms with E-state index < -0.39 is 0 Å². The third-order valence-corrected chi connectivity index (χ3v) is 4.63. The number of ether oxygens (including phenoxy) is 3. The van der Waals surface area contributed by atoms with Crippen LogP contribution < -0.4 is 19.7 Å². The minimum atomic E-state index is -0.142. The second-order valence-electron chi connectivity index (χ2n) is 6.37. The number of carbonyl (C=O) groups is 1. The predicted molar refractivity (Wildman–Crippen MR) is 105 cm³/mol. The third kappa shape index (κ3) is 5.14. The number of hydrogen-bond donors (Lipinski definition) is 1. The van der Waals surface area contributed by atoms with Crippen molar-refractivity contribution in [3.8, 4) is 11.5 Å². The van der Waals surface area contributed by atoms with Crippen molar-refractivity contribution in [2.75, 3.05) is 52.0 Å². The Bertz CT molecular complexity index is 733. The van der Waals surface area contributed by atoms with Crippen molar-refractivity contribution in [3.05, 3.63) is 53.6 Å². The predicted octanol–water partition coefficient (Wildman–Crippen LogP) is 2.51. The SMILES string of the molecule is COc1cc(OC)cc(C(=O)NCCc2ccc(N3CCOCC3)cc2)c1. The Hall–Kier alpha value is -2.73. The maximum absolute atomic E-state index is 12.4. The van der Waals surface area contributed by atoms with Crippen LogP contribution in [0.15, 0.2) is 42.5 Å². The number of anilines is 1. The van der Waals surface area contributed by atoms with Crippen molar-refractivity contribution >= 4 is 11.6 Å². The second kappa shape index (κ2) is 9.28. The first-order chi connectivity index (χ1) is 13.2. The van der Waals surface area contributed by atoms with Gasteiger partial charge in [-0.1, -0.05) is 12.1 Å². The van der Waals surface area contributed by atoms with E-state index in [1.807, 2.05) is 0 Å². The second-order valence-corrected chi connectivity index (χ2v) is 6.37. The van der Waals surface area contributed by atoms with Gasteiger partial charge in [0.15, 0.2) is 0 Å². The highest BCUT2D eigenvalue weighted by Crippen LogP contribution is 2.22. The summed E-state index contributed by atoms with van der Waals surface area (Å²) in [5.74, 6) is 1.05. The number of methoxy groups -OCH3 is 2. The molecule has 1 N–H and O–H groups in total. The molecule has 0 atom stereocenters. The fraction of sp³-hybridized carbons (Fsp3) is 0.381. The summed E-state index contributed by atoms with van der Waals surface area (Å²) in [4.78, 5) is 14.7. The molecule has 2 aromatic rings. The highest BCUT2D eigenvalue weighted by Gasteiger charge is 2.11. The van der Waals surface area contributed by atoms with E-state index in [0.29, 0.717) is 23.6 Å². The lowest BCUT2D eigenvalue weighted by atomic mass is 10.1. The van der Waals surface area contributed by atoms with E-state index in [2.05, 4.69) is 34.5 Å². The van der Waals surface area contributed by atoms with Gasteiger partial charge in [0.2, 0.25) is 0 Å². The molecule has 0 radical (unpaired) electrons. The highest BCUT2D eigenvalue weighted by atomic mass is 16.5. The molecule has 0 bridgehead atoms. The highest BCUT2D eigenvalue weighted by molar-refractivity contribution is 5.95. The Balaban J connectivity index is 1.52. The van der Waals surface area contributed by atoms with Gasteiger partial charge in [-0.3, -0.25) is 4.79 Å². The van der Waals surface area contributed by atoms with Crippen LogP contribution in [0.1, 0.15) is 15.9 Å². The molecule has 0 spiro atoms. The van der Waals surface area contributed by atoms with E-state index >= 15 is 0 Å². The van der Waals surface area contributed by atoms with Gasteiger partial charge < -0.3 is 24.4 Å². The van der Waals surface area contributed by atoms with E-state index in [1.54, 1.807) is 32.4 Å². The number of nitrogens with one attached hydrogen (secondary N) is 1. The van der Waals surface area contributed by atoms with E-state index in [1.165, 1.54) is 11.3 Å². The average molecular weight is 370 g/mol. The van der Waals surface area contributed by atoms with Gasteiger partial charge in [-0.25, -0.2) is 0 Å². The van der Waals surface area contributed by atoms with Gasteiger partial charge in [0, 0.05) is 37.0 Å². The maximum atomic E-state index is 12.4. The molecule has 27 heavy (non-hydrogen) atoms. The zero-order chi connectivity index (χ0) is 19.1. The van der Waals surface area contributed by atoms with Crippen LogP contribution >= 0.6 is 0 Å². The molecule has 6 nitrogen and oxygen atoms in total. The molecule has 2 aromatic carbocycles. The Morgan fingerprint density at radius 3 is 2.26 bits per heavy atom. The molecular formula is C21H26N2O4. The molecular weight excluding hydrogens is 344 g/mol. The van der Waals surface area contributed by atoms with Crippen LogP contribution in [0.3, 0.4) is 0 Å². The Labute approximate surface area is 160 Å². The van der Waals surface area contributed by atoms with Crippen LogP contribution in [-0.2, 0) is 11.2 Å². The fourth-order valence-corrected chi connectivity index (χ4v) is 3.06.